The summed E-state index contributed by atoms with van der Waals surface area (Å²) in [4.78, 5) is 0. The highest BCUT2D eigenvalue weighted by atomic mass is 32.2. The second-order valence-corrected chi connectivity index (χ2v) is 8.15. The maximum absolute atomic E-state index is 13.7. The Morgan fingerprint density at radius 2 is 0.818 bits per heavy atom. The number of hydrogen-bond donors (Lipinski definition) is 1. The minimum atomic E-state index is -8.88. The van der Waals surface area contributed by atoms with Crippen molar-refractivity contribution in [2.24, 2.45) is 0 Å². The molecule has 1 N–H and O–H groups in total. The Morgan fingerprint density at radius 1 is 0.576 bits per heavy atom. The highest BCUT2D eigenvalue weighted by molar-refractivity contribution is 7.90. The summed E-state index contributed by atoms with van der Waals surface area (Å²) in [6.45, 7) is 0.173. The lowest BCUT2D eigenvalue weighted by molar-refractivity contribution is -0.458. The van der Waals surface area contributed by atoms with Crippen LogP contribution in [-0.2, 0) is 10.0 Å². The number of nitrogens with zero attached hydrogens (tertiary/aromatic N) is 1. The number of rotatable bonds is 9. The summed E-state index contributed by atoms with van der Waals surface area (Å²) in [6.07, 6.45) is -10.7. The van der Waals surface area contributed by atoms with Gasteiger partial charge in [0.1, 0.15) is 6.23 Å². The van der Waals surface area contributed by atoms with Gasteiger partial charge in [-0.3, -0.25) is 0 Å². The first-order valence-corrected chi connectivity index (χ1v) is 8.66. The molecule has 0 rings (SSSR count). The second kappa shape index (κ2) is 7.85. The molecule has 200 valence electrons. The number of halogens is 17. The lowest BCUT2D eigenvalue weighted by Crippen LogP contribution is -2.75. The summed E-state index contributed by atoms with van der Waals surface area (Å²) in [5.74, 6) is -51.9. The van der Waals surface area contributed by atoms with Crippen LogP contribution in [0.25, 0.3) is 0 Å². The molecule has 33 heavy (non-hydrogen) atoms. The zero-order chi connectivity index (χ0) is 27.7. The van der Waals surface area contributed by atoms with Crippen molar-refractivity contribution in [2.75, 3.05) is 7.05 Å². The quantitative estimate of drug-likeness (QED) is 0.335. The molecule has 0 fully saturated rings. The first-order chi connectivity index (χ1) is 13.9. The van der Waals surface area contributed by atoms with Crippen LogP contribution >= 0.6 is 0 Å². The fraction of sp³-hybridized carbons (Fsp3) is 1.00. The molecule has 22 heteroatoms. The number of sulfonamides is 1. The molecule has 0 amide bonds. The Labute approximate surface area is 171 Å². The first kappa shape index (κ1) is 31.7. The lowest BCUT2D eigenvalue weighted by atomic mass is 9.91. The summed E-state index contributed by atoms with van der Waals surface area (Å²) < 4.78 is 243. The Hall–Kier alpha value is -1.32. The SMILES string of the molecule is CC(O)N(C)S(=O)(=O)C(F)(F)C(F)(F)C(F)(F)C(F)(F)C(F)(F)C(F)(F)C(F)(F)C(F)(F)F. The molecule has 0 aliphatic rings. The van der Waals surface area contributed by atoms with Crippen LogP contribution in [0.4, 0.5) is 74.6 Å². The van der Waals surface area contributed by atoms with Gasteiger partial charge in [0.15, 0.2) is 0 Å². The molecule has 0 saturated heterocycles. The van der Waals surface area contributed by atoms with Crippen LogP contribution in [0.1, 0.15) is 6.92 Å². The van der Waals surface area contributed by atoms with Crippen LogP contribution in [0.5, 0.6) is 0 Å². The van der Waals surface area contributed by atoms with Gasteiger partial charge in [0.2, 0.25) is 0 Å². The molecule has 1 unspecified atom stereocenters. The van der Waals surface area contributed by atoms with Crippen molar-refractivity contribution in [1.82, 2.24) is 4.31 Å². The number of alkyl halides is 17. The smallest absolute Gasteiger partial charge is 0.378 e. The van der Waals surface area contributed by atoms with Gasteiger partial charge in [0.25, 0.3) is 10.0 Å². The van der Waals surface area contributed by atoms with Gasteiger partial charge >= 0.3 is 47.0 Å². The second-order valence-electron chi connectivity index (χ2n) is 6.11. The van der Waals surface area contributed by atoms with E-state index in [-0.39, 0.29) is 14.0 Å². The van der Waals surface area contributed by atoms with E-state index in [0.717, 1.165) is 0 Å². The van der Waals surface area contributed by atoms with Gasteiger partial charge in [-0.2, -0.15) is 78.9 Å². The van der Waals surface area contributed by atoms with Crippen molar-refractivity contribution in [2.45, 2.75) is 60.1 Å². The summed E-state index contributed by atoms with van der Waals surface area (Å²) in [5, 5.41) is 1.10. The topological polar surface area (TPSA) is 57.6 Å². The molecule has 0 radical (unpaired) electrons. The highest BCUT2D eigenvalue weighted by Crippen LogP contribution is 2.64. The average molecular weight is 557 g/mol. The standard InChI is InChI=1S/C11H8F17NO3S/c1-3(30)29(2)33(31,32)11(27,28)9(22,23)7(18,19)5(14,15)4(12,13)6(16,17)8(20,21)10(24,25)26/h3,30H,1-2H3. The minimum absolute atomic E-state index is 0.173. The molecule has 0 aliphatic heterocycles. The first-order valence-electron chi connectivity index (χ1n) is 7.22. The Kier molecular flexibility index (Phi) is 7.53. The fourth-order valence-electron chi connectivity index (χ4n) is 1.69. The maximum atomic E-state index is 13.7. The van der Waals surface area contributed by atoms with Crippen molar-refractivity contribution in [3.63, 3.8) is 0 Å². The third-order valence-corrected chi connectivity index (χ3v) is 5.89. The van der Waals surface area contributed by atoms with E-state index in [4.69, 9.17) is 5.11 Å². The maximum Gasteiger partial charge on any atom is 0.460 e. The molecule has 0 spiro atoms. The van der Waals surface area contributed by atoms with Crippen molar-refractivity contribution in [3.05, 3.63) is 0 Å². The number of aliphatic hydroxyl groups is 1. The van der Waals surface area contributed by atoms with Crippen molar-refractivity contribution < 1.29 is 88.2 Å². The highest BCUT2D eigenvalue weighted by Gasteiger charge is 2.96. The third kappa shape index (κ3) is 3.88. The largest absolute Gasteiger partial charge is 0.460 e. The van der Waals surface area contributed by atoms with Gasteiger partial charge in [0, 0.05) is 7.05 Å². The molecule has 0 heterocycles. The predicted octanol–water partition coefficient (Wildman–Crippen LogP) is 4.55. The zero-order valence-corrected chi connectivity index (χ0v) is 15.9. The van der Waals surface area contributed by atoms with E-state index in [2.05, 4.69) is 0 Å². The molecule has 1 atom stereocenters. The van der Waals surface area contributed by atoms with Crippen molar-refractivity contribution in [3.8, 4) is 0 Å². The normalized spacial score (nSPS) is 17.5. The van der Waals surface area contributed by atoms with Gasteiger partial charge in [0.05, 0.1) is 0 Å². The van der Waals surface area contributed by atoms with Crippen molar-refractivity contribution in [1.29, 1.82) is 0 Å². The van der Waals surface area contributed by atoms with E-state index in [1.165, 1.54) is 0 Å². The van der Waals surface area contributed by atoms with Crippen LogP contribution in [0.3, 0.4) is 0 Å². The van der Waals surface area contributed by atoms with Gasteiger partial charge in [-0.25, -0.2) is 8.42 Å². The van der Waals surface area contributed by atoms with E-state index < -0.39 is 67.5 Å². The molecule has 0 aromatic rings. The predicted molar refractivity (Wildman–Crippen MR) is 69.0 cm³/mol. The van der Waals surface area contributed by atoms with Gasteiger partial charge < -0.3 is 5.11 Å². The summed E-state index contributed by atoms with van der Waals surface area (Å²) in [7, 11) is -7.72. The lowest BCUT2D eigenvalue weighted by Gasteiger charge is -2.42. The van der Waals surface area contributed by atoms with Crippen molar-refractivity contribution >= 4 is 10.0 Å². The Balaban J connectivity index is 7.03. The van der Waals surface area contributed by atoms with Gasteiger partial charge in [-0.1, -0.05) is 0 Å². The molecular weight excluding hydrogens is 549 g/mol. The molecule has 4 nitrogen and oxygen atoms in total. The van der Waals surface area contributed by atoms with E-state index in [1.807, 2.05) is 0 Å². The average Bonchev–Trinajstić information content (AvgIpc) is 2.58. The molecule has 0 bridgehead atoms. The molecule has 0 aromatic heterocycles. The summed E-state index contributed by atoms with van der Waals surface area (Å²) in [6, 6.07) is 0. The number of aliphatic hydroxyl groups excluding tert-OH is 1. The number of hydrogen-bond acceptors (Lipinski definition) is 3. The summed E-state index contributed by atoms with van der Waals surface area (Å²) in [5.41, 5.74) is 0. The van der Waals surface area contributed by atoms with Crippen LogP contribution in [0.2, 0.25) is 0 Å². The molecule has 0 aromatic carbocycles. The van der Waals surface area contributed by atoms with Gasteiger partial charge in [-0.15, -0.1) is 0 Å². The zero-order valence-electron chi connectivity index (χ0n) is 15.1. The van der Waals surface area contributed by atoms with Crippen LogP contribution in [0, 0.1) is 0 Å². The van der Waals surface area contributed by atoms with E-state index >= 15 is 0 Å². The Morgan fingerprint density at radius 3 is 1.06 bits per heavy atom. The third-order valence-electron chi connectivity index (χ3n) is 3.92. The Bertz CT molecular complexity index is 832. The van der Waals surface area contributed by atoms with Gasteiger partial charge in [-0.05, 0) is 6.92 Å². The van der Waals surface area contributed by atoms with Crippen LogP contribution in [0.15, 0.2) is 0 Å². The van der Waals surface area contributed by atoms with E-state index in [9.17, 15) is 83.1 Å². The molecular formula is C11H8F17NO3S. The van der Waals surface area contributed by atoms with Crippen LogP contribution in [-0.4, -0.2) is 78.1 Å². The monoisotopic (exact) mass is 557 g/mol. The van der Waals surface area contributed by atoms with E-state index in [0.29, 0.717) is 0 Å². The minimum Gasteiger partial charge on any atom is -0.378 e. The summed E-state index contributed by atoms with van der Waals surface area (Å²) >= 11 is 0. The van der Waals surface area contributed by atoms with E-state index in [1.54, 1.807) is 0 Å². The molecule has 0 saturated carbocycles. The fourth-order valence-corrected chi connectivity index (χ4v) is 2.91. The van der Waals surface area contributed by atoms with Crippen LogP contribution < -0.4 is 0 Å². The molecule has 0 aliphatic carbocycles.